The highest BCUT2D eigenvalue weighted by Crippen LogP contribution is 2.28. The molecule has 30 heavy (non-hydrogen) atoms. The van der Waals surface area contributed by atoms with Gasteiger partial charge in [-0.25, -0.2) is 13.8 Å². The number of carbonyl (C=O) groups excluding carboxylic acids is 2. The lowest BCUT2D eigenvalue weighted by Gasteiger charge is -2.19. The van der Waals surface area contributed by atoms with E-state index in [2.05, 4.69) is 15.6 Å². The van der Waals surface area contributed by atoms with Gasteiger partial charge in [0, 0.05) is 19.2 Å². The van der Waals surface area contributed by atoms with Crippen LogP contribution in [0.3, 0.4) is 0 Å². The lowest BCUT2D eigenvalue weighted by molar-refractivity contribution is -0.122. The number of hydrogen-bond acceptors (Lipinski definition) is 3. The average Bonchev–Trinajstić information content (AvgIpc) is 2.89. The van der Waals surface area contributed by atoms with Gasteiger partial charge < -0.3 is 15.2 Å². The molecular weight excluding hydrogens is 390 g/mol. The van der Waals surface area contributed by atoms with Crippen LogP contribution in [0.2, 0.25) is 0 Å². The first-order valence-electron chi connectivity index (χ1n) is 10.4. The zero-order valence-corrected chi connectivity index (χ0v) is 17.6. The van der Waals surface area contributed by atoms with Gasteiger partial charge in [0.15, 0.2) is 11.6 Å². The number of fused-ring (bicyclic) bond motifs is 1. The van der Waals surface area contributed by atoms with E-state index in [4.69, 9.17) is 0 Å². The number of amides is 2. The fourth-order valence-corrected chi connectivity index (χ4v) is 3.86. The highest BCUT2D eigenvalue weighted by atomic mass is 19.2. The van der Waals surface area contributed by atoms with Crippen molar-refractivity contribution in [1.29, 1.82) is 0 Å². The molecule has 0 saturated carbocycles. The summed E-state index contributed by atoms with van der Waals surface area (Å²) in [5.41, 5.74) is 1.43. The Morgan fingerprint density at radius 3 is 2.60 bits per heavy atom. The Morgan fingerprint density at radius 2 is 1.93 bits per heavy atom. The Bertz CT molecular complexity index is 939. The number of imidazole rings is 1. The first-order chi connectivity index (χ1) is 14.3. The zero-order chi connectivity index (χ0) is 21.8. The molecule has 0 fully saturated rings. The molecule has 3 rings (SSSR count). The van der Waals surface area contributed by atoms with Gasteiger partial charge in [-0.3, -0.25) is 9.59 Å². The Hall–Kier alpha value is -2.77. The van der Waals surface area contributed by atoms with Gasteiger partial charge in [0.1, 0.15) is 17.6 Å². The molecule has 2 N–H and O–H groups in total. The Kier molecular flexibility index (Phi) is 6.84. The van der Waals surface area contributed by atoms with Crippen molar-refractivity contribution in [3.63, 3.8) is 0 Å². The maximum absolute atomic E-state index is 13.8. The Morgan fingerprint density at radius 1 is 1.17 bits per heavy atom. The monoisotopic (exact) mass is 418 g/mol. The number of likely N-dealkylation sites (N-methyl/N-ethyl adjacent to an activating group) is 1. The maximum atomic E-state index is 13.8. The van der Waals surface area contributed by atoms with E-state index in [-0.39, 0.29) is 17.5 Å². The van der Waals surface area contributed by atoms with Crippen molar-refractivity contribution in [3.05, 3.63) is 41.2 Å². The summed E-state index contributed by atoms with van der Waals surface area (Å²) >= 11 is 0. The van der Waals surface area contributed by atoms with Crippen LogP contribution in [0.15, 0.2) is 18.2 Å². The van der Waals surface area contributed by atoms with E-state index in [1.54, 1.807) is 0 Å². The van der Waals surface area contributed by atoms with Gasteiger partial charge in [0.05, 0.1) is 5.69 Å². The molecule has 0 unspecified atom stereocenters. The molecule has 1 aromatic heterocycles. The van der Waals surface area contributed by atoms with Crippen LogP contribution in [0.5, 0.6) is 0 Å². The van der Waals surface area contributed by atoms with E-state index in [1.807, 2.05) is 18.4 Å². The van der Waals surface area contributed by atoms with Crippen LogP contribution in [0, 0.1) is 17.6 Å². The largest absolute Gasteiger partial charge is 0.357 e. The van der Waals surface area contributed by atoms with Gasteiger partial charge in [-0.1, -0.05) is 20.3 Å². The van der Waals surface area contributed by atoms with Crippen LogP contribution >= 0.6 is 0 Å². The van der Waals surface area contributed by atoms with Crippen LogP contribution in [-0.4, -0.2) is 34.5 Å². The van der Waals surface area contributed by atoms with Gasteiger partial charge in [-0.05, 0) is 49.8 Å². The van der Waals surface area contributed by atoms with Crippen molar-refractivity contribution in [2.45, 2.75) is 58.5 Å². The number of aromatic nitrogens is 2. The van der Waals surface area contributed by atoms with Crippen molar-refractivity contribution in [2.75, 3.05) is 7.05 Å². The molecule has 162 valence electrons. The highest BCUT2D eigenvalue weighted by Gasteiger charge is 2.28. The molecule has 0 radical (unpaired) electrons. The van der Waals surface area contributed by atoms with Crippen molar-refractivity contribution in [2.24, 2.45) is 5.92 Å². The fourth-order valence-electron chi connectivity index (χ4n) is 3.86. The minimum Gasteiger partial charge on any atom is -0.357 e. The average molecular weight is 418 g/mol. The van der Waals surface area contributed by atoms with Crippen LogP contribution in [-0.2, 0) is 17.8 Å². The lowest BCUT2D eigenvalue weighted by atomic mass is 10.0. The second-order valence-corrected chi connectivity index (χ2v) is 8.09. The Labute approximate surface area is 175 Å². The van der Waals surface area contributed by atoms with Gasteiger partial charge in [-0.2, -0.15) is 0 Å². The Balaban J connectivity index is 1.99. The molecule has 0 saturated heterocycles. The molecule has 2 aromatic rings. The predicted octanol–water partition coefficient (Wildman–Crippen LogP) is 3.45. The van der Waals surface area contributed by atoms with Crippen molar-refractivity contribution >= 4 is 11.8 Å². The summed E-state index contributed by atoms with van der Waals surface area (Å²) in [7, 11) is 1.53. The van der Waals surface area contributed by atoms with Crippen molar-refractivity contribution in [1.82, 2.24) is 20.2 Å². The minimum atomic E-state index is -0.957. The third-order valence-electron chi connectivity index (χ3n) is 5.34. The number of benzene rings is 1. The maximum Gasteiger partial charge on any atom is 0.272 e. The van der Waals surface area contributed by atoms with E-state index in [0.29, 0.717) is 30.8 Å². The van der Waals surface area contributed by atoms with Crippen LogP contribution in [0.1, 0.15) is 55.7 Å². The number of hydrogen-bond donors (Lipinski definition) is 2. The number of rotatable bonds is 6. The normalized spacial score (nSPS) is 14.7. The number of carbonyl (C=O) groups is 2. The summed E-state index contributed by atoms with van der Waals surface area (Å²) in [6, 6.07) is 2.96. The first-order valence-corrected chi connectivity index (χ1v) is 10.4. The molecule has 1 aliphatic rings. The summed E-state index contributed by atoms with van der Waals surface area (Å²) in [6.45, 7) is 4.60. The highest BCUT2D eigenvalue weighted by molar-refractivity contribution is 5.97. The summed E-state index contributed by atoms with van der Waals surface area (Å²) in [5.74, 6) is -1.92. The van der Waals surface area contributed by atoms with Gasteiger partial charge in [-0.15, -0.1) is 0 Å². The second-order valence-electron chi connectivity index (χ2n) is 8.09. The SMILES string of the molecule is CNC(=O)[C@H](CC(C)C)NC(=O)c1nc(-c2ccc(F)c(F)c2)n2c1CCCCC2. The van der Waals surface area contributed by atoms with Crippen LogP contribution in [0.25, 0.3) is 11.4 Å². The van der Waals surface area contributed by atoms with Gasteiger partial charge >= 0.3 is 0 Å². The number of nitrogens with one attached hydrogen (secondary N) is 2. The topological polar surface area (TPSA) is 76.0 Å². The summed E-state index contributed by atoms with van der Waals surface area (Å²) in [6.07, 6.45) is 3.99. The molecule has 8 heteroatoms. The smallest absolute Gasteiger partial charge is 0.272 e. The van der Waals surface area contributed by atoms with E-state index >= 15 is 0 Å². The second kappa shape index (κ2) is 9.36. The third kappa shape index (κ3) is 4.68. The summed E-state index contributed by atoms with van der Waals surface area (Å²) in [4.78, 5) is 29.9. The zero-order valence-electron chi connectivity index (χ0n) is 17.6. The molecule has 1 atom stereocenters. The van der Waals surface area contributed by atoms with Gasteiger partial charge in [0.2, 0.25) is 5.91 Å². The third-order valence-corrected chi connectivity index (χ3v) is 5.34. The molecule has 6 nitrogen and oxygen atoms in total. The lowest BCUT2D eigenvalue weighted by Crippen LogP contribution is -2.46. The molecule has 1 aliphatic heterocycles. The van der Waals surface area contributed by atoms with E-state index < -0.39 is 23.6 Å². The molecule has 1 aromatic carbocycles. The van der Waals surface area contributed by atoms with E-state index in [1.165, 1.54) is 13.1 Å². The molecule has 2 heterocycles. The minimum absolute atomic E-state index is 0.212. The first kappa shape index (κ1) is 21.9. The van der Waals surface area contributed by atoms with Crippen molar-refractivity contribution in [3.8, 4) is 11.4 Å². The predicted molar refractivity (Wildman–Crippen MR) is 110 cm³/mol. The summed E-state index contributed by atoms with van der Waals surface area (Å²) in [5, 5.41) is 5.40. The van der Waals surface area contributed by atoms with Crippen molar-refractivity contribution < 1.29 is 18.4 Å². The fraction of sp³-hybridized carbons (Fsp3) is 0.500. The van der Waals surface area contributed by atoms with Crippen LogP contribution in [0.4, 0.5) is 8.78 Å². The standard InChI is InChI=1S/C22H28F2N4O2/c1-13(2)11-17(21(29)25-3)26-22(30)19-18-7-5-4-6-10-28(18)20(27-19)14-8-9-15(23)16(24)12-14/h8-9,12-13,17H,4-7,10-11H2,1-3H3,(H,25,29)(H,26,30)/t17-/m0/s1. The quantitative estimate of drug-likeness (QED) is 0.755. The van der Waals surface area contributed by atoms with E-state index in [0.717, 1.165) is 37.1 Å². The summed E-state index contributed by atoms with van der Waals surface area (Å²) < 4.78 is 29.2. The molecule has 2 amide bonds. The molecule has 0 bridgehead atoms. The van der Waals surface area contributed by atoms with Gasteiger partial charge in [0.25, 0.3) is 5.91 Å². The van der Waals surface area contributed by atoms with E-state index in [9.17, 15) is 18.4 Å². The molecule has 0 aliphatic carbocycles. The number of nitrogens with zero attached hydrogens (tertiary/aromatic N) is 2. The van der Waals surface area contributed by atoms with Crippen LogP contribution < -0.4 is 10.6 Å². The molecular formula is C22H28F2N4O2. The number of halogens is 2. The molecule has 0 spiro atoms.